The molecule has 1 fully saturated rings. The van der Waals surface area contributed by atoms with Crippen molar-refractivity contribution < 1.29 is 18.0 Å². The Morgan fingerprint density at radius 2 is 1.86 bits per heavy atom. The lowest BCUT2D eigenvalue weighted by Gasteiger charge is -2.34. The first-order valence-corrected chi connectivity index (χ1v) is 10.2. The molecular weight excluding hydrogens is 401 g/mol. The third-order valence-electron chi connectivity index (χ3n) is 4.76. The van der Waals surface area contributed by atoms with Gasteiger partial charge in [0.2, 0.25) is 0 Å². The maximum absolute atomic E-state index is 12.7. The summed E-state index contributed by atoms with van der Waals surface area (Å²) in [6.07, 6.45) is 1.69. The van der Waals surface area contributed by atoms with Crippen LogP contribution in [-0.2, 0) is 6.54 Å². The molecule has 1 amide bonds. The van der Waals surface area contributed by atoms with E-state index in [1.165, 1.54) is 18.2 Å². The summed E-state index contributed by atoms with van der Waals surface area (Å²) in [5.41, 5.74) is -3.65. The fraction of sp³-hybridized carbons (Fsp3) is 0.400. The SMILES string of the molecule is CCN1CCN(c2ccc(CNC(=O)c3ccccc3SC(F)(F)F)cn2)CC1. The summed E-state index contributed by atoms with van der Waals surface area (Å²) in [4.78, 5) is 21.3. The summed E-state index contributed by atoms with van der Waals surface area (Å²) >= 11 is -0.285. The van der Waals surface area contributed by atoms with Crippen molar-refractivity contribution in [3.8, 4) is 0 Å². The van der Waals surface area contributed by atoms with Gasteiger partial charge in [-0.1, -0.05) is 25.1 Å². The minimum atomic E-state index is -4.45. The third-order valence-corrected chi connectivity index (χ3v) is 5.57. The van der Waals surface area contributed by atoms with E-state index < -0.39 is 11.4 Å². The van der Waals surface area contributed by atoms with Crippen molar-refractivity contribution in [2.24, 2.45) is 0 Å². The number of thioether (sulfide) groups is 1. The van der Waals surface area contributed by atoms with E-state index in [2.05, 4.69) is 27.0 Å². The molecule has 1 saturated heterocycles. The van der Waals surface area contributed by atoms with Crippen LogP contribution in [0.5, 0.6) is 0 Å². The van der Waals surface area contributed by atoms with E-state index in [1.807, 2.05) is 12.1 Å². The van der Waals surface area contributed by atoms with Gasteiger partial charge in [0.15, 0.2) is 0 Å². The first kappa shape index (κ1) is 21.4. The molecule has 1 aliphatic rings. The van der Waals surface area contributed by atoms with E-state index in [0.717, 1.165) is 44.1 Å². The molecule has 2 heterocycles. The van der Waals surface area contributed by atoms with Crippen LogP contribution in [0.4, 0.5) is 19.0 Å². The van der Waals surface area contributed by atoms with E-state index >= 15 is 0 Å². The van der Waals surface area contributed by atoms with Crippen LogP contribution in [-0.4, -0.2) is 54.0 Å². The molecule has 5 nitrogen and oxygen atoms in total. The molecule has 0 bridgehead atoms. The predicted molar refractivity (Wildman–Crippen MR) is 108 cm³/mol. The van der Waals surface area contributed by atoms with Crippen LogP contribution in [0.3, 0.4) is 0 Å². The minimum absolute atomic E-state index is 0.00759. The molecule has 3 rings (SSSR count). The lowest BCUT2D eigenvalue weighted by Crippen LogP contribution is -2.46. The zero-order chi connectivity index (χ0) is 20.9. The van der Waals surface area contributed by atoms with E-state index in [-0.39, 0.29) is 28.8 Å². The van der Waals surface area contributed by atoms with Crippen LogP contribution >= 0.6 is 11.8 Å². The Morgan fingerprint density at radius 3 is 2.48 bits per heavy atom. The number of nitrogens with zero attached hydrogens (tertiary/aromatic N) is 3. The zero-order valence-corrected chi connectivity index (χ0v) is 16.9. The highest BCUT2D eigenvalue weighted by Crippen LogP contribution is 2.38. The monoisotopic (exact) mass is 424 g/mol. The van der Waals surface area contributed by atoms with Crippen LogP contribution in [0.2, 0.25) is 0 Å². The first-order chi connectivity index (χ1) is 13.9. The first-order valence-electron chi connectivity index (χ1n) is 9.41. The van der Waals surface area contributed by atoms with Gasteiger partial charge in [0.05, 0.1) is 5.56 Å². The number of hydrogen-bond acceptors (Lipinski definition) is 5. The average molecular weight is 424 g/mol. The predicted octanol–water partition coefficient (Wildman–Crippen LogP) is 3.77. The molecule has 0 atom stereocenters. The zero-order valence-electron chi connectivity index (χ0n) is 16.1. The van der Waals surface area contributed by atoms with E-state index in [4.69, 9.17) is 0 Å². The Bertz CT molecular complexity index is 821. The van der Waals surface area contributed by atoms with Crippen molar-refractivity contribution in [2.45, 2.75) is 23.9 Å². The van der Waals surface area contributed by atoms with Gasteiger partial charge in [-0.05, 0) is 42.1 Å². The van der Waals surface area contributed by atoms with Gasteiger partial charge in [-0.2, -0.15) is 13.2 Å². The van der Waals surface area contributed by atoms with Gasteiger partial charge in [-0.3, -0.25) is 4.79 Å². The molecule has 1 aromatic carbocycles. The lowest BCUT2D eigenvalue weighted by molar-refractivity contribution is -0.0328. The third kappa shape index (κ3) is 6.11. The van der Waals surface area contributed by atoms with Crippen molar-refractivity contribution in [3.63, 3.8) is 0 Å². The Hall–Kier alpha value is -2.26. The Kier molecular flexibility index (Phi) is 7.02. The summed E-state index contributed by atoms with van der Waals surface area (Å²) in [5.74, 6) is 0.347. The number of likely N-dealkylation sites (N-methyl/N-ethyl adjacent to an activating group) is 1. The van der Waals surface area contributed by atoms with Gasteiger partial charge in [0, 0.05) is 43.8 Å². The van der Waals surface area contributed by atoms with Crippen molar-refractivity contribution >= 4 is 23.5 Å². The maximum atomic E-state index is 12.7. The number of aromatic nitrogens is 1. The molecule has 29 heavy (non-hydrogen) atoms. The largest absolute Gasteiger partial charge is 0.446 e. The van der Waals surface area contributed by atoms with Crippen molar-refractivity contribution in [2.75, 3.05) is 37.6 Å². The van der Waals surface area contributed by atoms with E-state index in [9.17, 15) is 18.0 Å². The van der Waals surface area contributed by atoms with Gasteiger partial charge in [0.1, 0.15) is 5.82 Å². The average Bonchev–Trinajstić information content (AvgIpc) is 2.72. The highest BCUT2D eigenvalue weighted by Gasteiger charge is 2.31. The molecule has 2 aromatic rings. The molecule has 156 valence electrons. The second-order valence-electron chi connectivity index (χ2n) is 6.67. The maximum Gasteiger partial charge on any atom is 0.446 e. The Labute approximate surface area is 172 Å². The number of amides is 1. The van der Waals surface area contributed by atoms with Gasteiger partial charge in [-0.25, -0.2) is 4.98 Å². The van der Waals surface area contributed by atoms with Crippen molar-refractivity contribution in [3.05, 3.63) is 53.7 Å². The summed E-state index contributed by atoms with van der Waals surface area (Å²) in [7, 11) is 0. The number of benzene rings is 1. The molecule has 1 N–H and O–H groups in total. The summed E-state index contributed by atoms with van der Waals surface area (Å²) in [5, 5.41) is 2.67. The molecule has 0 spiro atoms. The standard InChI is InChI=1S/C20H23F3N4OS/c1-2-26-9-11-27(12-10-26)18-8-7-15(13-24-18)14-25-19(28)16-5-3-4-6-17(16)29-20(21,22)23/h3-8,13H,2,9-12,14H2,1H3,(H,25,28). The molecular formula is C20H23F3N4OS. The van der Waals surface area contributed by atoms with Gasteiger partial charge >= 0.3 is 5.51 Å². The second kappa shape index (κ2) is 9.49. The number of alkyl halides is 3. The molecule has 9 heteroatoms. The van der Waals surface area contributed by atoms with Gasteiger partial charge in [-0.15, -0.1) is 0 Å². The normalized spacial score (nSPS) is 15.4. The highest BCUT2D eigenvalue weighted by atomic mass is 32.2. The highest BCUT2D eigenvalue weighted by molar-refractivity contribution is 8.00. The van der Waals surface area contributed by atoms with Gasteiger partial charge < -0.3 is 15.1 Å². The Morgan fingerprint density at radius 1 is 1.14 bits per heavy atom. The van der Waals surface area contributed by atoms with E-state index in [1.54, 1.807) is 12.3 Å². The van der Waals surface area contributed by atoms with Crippen LogP contribution < -0.4 is 10.2 Å². The van der Waals surface area contributed by atoms with Crippen LogP contribution in [0.1, 0.15) is 22.8 Å². The smallest absolute Gasteiger partial charge is 0.354 e. The van der Waals surface area contributed by atoms with Gasteiger partial charge in [0.25, 0.3) is 5.91 Å². The molecule has 1 aliphatic heterocycles. The summed E-state index contributed by atoms with van der Waals surface area (Å²) in [6, 6.07) is 9.50. The fourth-order valence-corrected chi connectivity index (χ4v) is 3.81. The Balaban J connectivity index is 1.57. The number of anilines is 1. The minimum Gasteiger partial charge on any atom is -0.354 e. The molecule has 0 unspecified atom stereocenters. The molecule has 0 saturated carbocycles. The molecule has 1 aromatic heterocycles. The number of hydrogen-bond donors (Lipinski definition) is 1. The van der Waals surface area contributed by atoms with Crippen molar-refractivity contribution in [1.82, 2.24) is 15.2 Å². The second-order valence-corrected chi connectivity index (χ2v) is 7.78. The van der Waals surface area contributed by atoms with Crippen LogP contribution in [0.15, 0.2) is 47.5 Å². The van der Waals surface area contributed by atoms with E-state index in [0.29, 0.717) is 0 Å². The number of piperazine rings is 1. The number of carbonyl (C=O) groups excluding carboxylic acids is 1. The fourth-order valence-electron chi connectivity index (χ4n) is 3.15. The summed E-state index contributed by atoms with van der Waals surface area (Å²) in [6.45, 7) is 7.24. The van der Waals surface area contributed by atoms with Crippen LogP contribution in [0.25, 0.3) is 0 Å². The number of carbonyl (C=O) groups is 1. The molecule has 0 radical (unpaired) electrons. The van der Waals surface area contributed by atoms with Crippen LogP contribution in [0, 0.1) is 0 Å². The summed E-state index contributed by atoms with van der Waals surface area (Å²) < 4.78 is 38.1. The quantitative estimate of drug-likeness (QED) is 0.716. The number of rotatable bonds is 6. The molecule has 0 aliphatic carbocycles. The number of halogens is 3. The topological polar surface area (TPSA) is 48.5 Å². The number of pyridine rings is 1. The van der Waals surface area contributed by atoms with Crippen molar-refractivity contribution in [1.29, 1.82) is 0 Å². The number of nitrogens with one attached hydrogen (secondary N) is 1. The lowest BCUT2D eigenvalue weighted by atomic mass is 10.2.